The molecule has 1 heterocycles. The number of rotatable bonds is 5. The summed E-state index contributed by atoms with van der Waals surface area (Å²) in [5, 5.41) is 10.3. The Hall–Kier alpha value is -3.43. The van der Waals surface area contributed by atoms with Crippen molar-refractivity contribution in [1.82, 2.24) is 0 Å². The molecule has 0 fully saturated rings. The molecule has 27 heavy (non-hydrogen) atoms. The van der Waals surface area contributed by atoms with Gasteiger partial charge in [-0.1, -0.05) is 6.07 Å². The highest BCUT2D eigenvalue weighted by Gasteiger charge is 2.12. The molecule has 0 spiro atoms. The van der Waals surface area contributed by atoms with Crippen LogP contribution in [0.1, 0.15) is 20.9 Å². The lowest BCUT2D eigenvalue weighted by molar-refractivity contribution is 0.0995. The summed E-state index contributed by atoms with van der Waals surface area (Å²) >= 11 is 0. The van der Waals surface area contributed by atoms with Crippen molar-refractivity contribution in [3.05, 3.63) is 78.3 Å². The third-order valence-corrected chi connectivity index (χ3v) is 4.48. The van der Waals surface area contributed by atoms with Gasteiger partial charge in [0.25, 0.3) is 11.8 Å². The molecule has 0 aliphatic heterocycles. The van der Waals surface area contributed by atoms with Gasteiger partial charge >= 0.3 is 0 Å². The first kappa shape index (κ1) is 18.4. The summed E-state index contributed by atoms with van der Waals surface area (Å²) in [6.07, 6.45) is 1.40. The normalized spacial score (nSPS) is 11.0. The van der Waals surface area contributed by atoms with Gasteiger partial charge in [-0.25, -0.2) is 13.6 Å². The molecule has 0 saturated carbocycles. The van der Waals surface area contributed by atoms with E-state index in [-0.39, 0.29) is 10.7 Å². The van der Waals surface area contributed by atoms with E-state index in [1.165, 1.54) is 42.7 Å². The van der Waals surface area contributed by atoms with Crippen LogP contribution in [0, 0.1) is 0 Å². The number of carbonyl (C=O) groups is 2. The second kappa shape index (κ2) is 7.44. The third-order valence-electron chi connectivity index (χ3n) is 3.57. The molecule has 0 unspecified atom stereocenters. The maximum Gasteiger partial charge on any atom is 0.291 e. The number of amides is 2. The van der Waals surface area contributed by atoms with E-state index in [9.17, 15) is 18.0 Å². The fourth-order valence-electron chi connectivity index (χ4n) is 2.26. The van der Waals surface area contributed by atoms with Crippen LogP contribution < -0.4 is 15.8 Å². The minimum Gasteiger partial charge on any atom is -0.459 e. The summed E-state index contributed by atoms with van der Waals surface area (Å²) in [6.45, 7) is 0. The SMILES string of the molecule is NS(=O)(=O)c1cccc(NC(=O)c2ccc(NC(=O)c3ccco3)cc2)c1. The van der Waals surface area contributed by atoms with Crippen molar-refractivity contribution in [1.29, 1.82) is 0 Å². The van der Waals surface area contributed by atoms with Gasteiger partial charge in [-0.05, 0) is 54.6 Å². The first-order valence-corrected chi connectivity index (χ1v) is 9.27. The van der Waals surface area contributed by atoms with Crippen LogP contribution in [0.3, 0.4) is 0 Å². The Morgan fingerprint density at radius 1 is 0.852 bits per heavy atom. The average Bonchev–Trinajstić information content (AvgIpc) is 3.16. The maximum atomic E-state index is 12.3. The summed E-state index contributed by atoms with van der Waals surface area (Å²) in [4.78, 5) is 24.1. The van der Waals surface area contributed by atoms with Gasteiger partial charge in [-0.3, -0.25) is 9.59 Å². The molecule has 8 nitrogen and oxygen atoms in total. The summed E-state index contributed by atoms with van der Waals surface area (Å²) in [5.41, 5.74) is 1.11. The molecule has 3 aromatic rings. The molecular formula is C18H15N3O5S. The van der Waals surface area contributed by atoms with Crippen molar-refractivity contribution >= 4 is 33.2 Å². The minimum atomic E-state index is -3.86. The van der Waals surface area contributed by atoms with Crippen molar-refractivity contribution in [2.24, 2.45) is 5.14 Å². The number of hydrogen-bond donors (Lipinski definition) is 3. The Morgan fingerprint density at radius 2 is 1.56 bits per heavy atom. The summed E-state index contributed by atoms with van der Waals surface area (Å²) in [6, 6.07) is 14.9. The zero-order valence-corrected chi connectivity index (χ0v) is 14.7. The van der Waals surface area contributed by atoms with E-state index in [4.69, 9.17) is 9.56 Å². The number of nitrogens with one attached hydrogen (secondary N) is 2. The van der Waals surface area contributed by atoms with Gasteiger partial charge in [0.2, 0.25) is 10.0 Å². The molecule has 0 saturated heterocycles. The molecule has 4 N–H and O–H groups in total. The van der Waals surface area contributed by atoms with Crippen LogP contribution in [0.5, 0.6) is 0 Å². The number of benzene rings is 2. The molecule has 0 radical (unpaired) electrons. The van der Waals surface area contributed by atoms with E-state index in [1.54, 1.807) is 24.3 Å². The second-order valence-electron chi connectivity index (χ2n) is 5.54. The Balaban J connectivity index is 1.68. The van der Waals surface area contributed by atoms with E-state index in [1.807, 2.05) is 0 Å². The fraction of sp³-hybridized carbons (Fsp3) is 0. The van der Waals surface area contributed by atoms with Crippen LogP contribution >= 0.6 is 0 Å². The van der Waals surface area contributed by atoms with Crippen molar-refractivity contribution < 1.29 is 22.4 Å². The highest BCUT2D eigenvalue weighted by atomic mass is 32.2. The van der Waals surface area contributed by atoms with Gasteiger partial charge in [0.1, 0.15) is 0 Å². The lowest BCUT2D eigenvalue weighted by atomic mass is 10.2. The molecule has 0 atom stereocenters. The zero-order valence-electron chi connectivity index (χ0n) is 13.9. The van der Waals surface area contributed by atoms with Gasteiger partial charge in [-0.2, -0.15) is 0 Å². The van der Waals surface area contributed by atoms with Gasteiger partial charge < -0.3 is 15.1 Å². The second-order valence-corrected chi connectivity index (χ2v) is 7.10. The molecule has 9 heteroatoms. The van der Waals surface area contributed by atoms with Crippen LogP contribution in [0.2, 0.25) is 0 Å². The van der Waals surface area contributed by atoms with E-state index in [2.05, 4.69) is 10.6 Å². The number of sulfonamides is 1. The lowest BCUT2D eigenvalue weighted by Gasteiger charge is -2.08. The van der Waals surface area contributed by atoms with Gasteiger partial charge in [-0.15, -0.1) is 0 Å². The van der Waals surface area contributed by atoms with Crippen molar-refractivity contribution in [2.45, 2.75) is 4.90 Å². The smallest absolute Gasteiger partial charge is 0.291 e. The van der Waals surface area contributed by atoms with Crippen LogP contribution in [0.25, 0.3) is 0 Å². The first-order valence-electron chi connectivity index (χ1n) is 7.72. The third kappa shape index (κ3) is 4.60. The van der Waals surface area contributed by atoms with Crippen LogP contribution in [-0.2, 0) is 10.0 Å². The lowest BCUT2D eigenvalue weighted by Crippen LogP contribution is -2.15. The molecule has 0 aliphatic carbocycles. The van der Waals surface area contributed by atoms with Gasteiger partial charge in [0, 0.05) is 16.9 Å². The predicted octanol–water partition coefficient (Wildman–Crippen LogP) is 2.43. The molecule has 138 valence electrons. The van der Waals surface area contributed by atoms with E-state index in [0.717, 1.165) is 0 Å². The average molecular weight is 385 g/mol. The van der Waals surface area contributed by atoms with Gasteiger partial charge in [0.15, 0.2) is 5.76 Å². The summed E-state index contributed by atoms with van der Waals surface area (Å²) < 4.78 is 27.8. The summed E-state index contributed by atoms with van der Waals surface area (Å²) in [5.74, 6) is -0.672. The number of nitrogens with two attached hydrogens (primary N) is 1. The Labute approximate surface area is 155 Å². The quantitative estimate of drug-likeness (QED) is 0.621. The maximum absolute atomic E-state index is 12.3. The monoisotopic (exact) mass is 385 g/mol. The fourth-order valence-corrected chi connectivity index (χ4v) is 2.82. The standard InChI is InChI=1S/C18H15N3O5S/c19-27(24,25)15-4-1-3-14(11-15)21-17(22)12-6-8-13(9-7-12)20-18(23)16-5-2-10-26-16/h1-11H,(H,20,23)(H,21,22)(H2,19,24,25). The highest BCUT2D eigenvalue weighted by Crippen LogP contribution is 2.17. The largest absolute Gasteiger partial charge is 0.459 e. The van der Waals surface area contributed by atoms with Crippen LogP contribution in [-0.4, -0.2) is 20.2 Å². The molecule has 1 aromatic heterocycles. The van der Waals surface area contributed by atoms with Crippen LogP contribution in [0.15, 0.2) is 76.2 Å². The highest BCUT2D eigenvalue weighted by molar-refractivity contribution is 7.89. The Morgan fingerprint density at radius 3 is 2.19 bits per heavy atom. The minimum absolute atomic E-state index is 0.101. The number of primary sulfonamides is 1. The molecule has 0 bridgehead atoms. The van der Waals surface area contributed by atoms with E-state index in [0.29, 0.717) is 16.9 Å². The topological polar surface area (TPSA) is 132 Å². The number of carbonyl (C=O) groups excluding carboxylic acids is 2. The molecular weight excluding hydrogens is 370 g/mol. The molecule has 2 amide bonds. The molecule has 0 aliphatic rings. The van der Waals surface area contributed by atoms with Crippen LogP contribution in [0.4, 0.5) is 11.4 Å². The molecule has 3 rings (SSSR count). The van der Waals surface area contributed by atoms with Crippen molar-refractivity contribution in [3.8, 4) is 0 Å². The molecule has 2 aromatic carbocycles. The van der Waals surface area contributed by atoms with Crippen molar-refractivity contribution in [2.75, 3.05) is 10.6 Å². The Bertz CT molecular complexity index is 1070. The Kier molecular flexibility index (Phi) is 5.06. The van der Waals surface area contributed by atoms with E-state index >= 15 is 0 Å². The van der Waals surface area contributed by atoms with Crippen molar-refractivity contribution in [3.63, 3.8) is 0 Å². The predicted molar refractivity (Wildman–Crippen MR) is 98.9 cm³/mol. The van der Waals surface area contributed by atoms with E-state index < -0.39 is 21.8 Å². The number of anilines is 2. The summed E-state index contributed by atoms with van der Waals surface area (Å²) in [7, 11) is -3.86. The zero-order chi connectivity index (χ0) is 19.4. The number of hydrogen-bond acceptors (Lipinski definition) is 5. The van der Waals surface area contributed by atoms with Gasteiger partial charge in [0.05, 0.1) is 11.2 Å². The first-order chi connectivity index (χ1) is 12.8. The number of furan rings is 1.